The highest BCUT2D eigenvalue weighted by atomic mass is 31.2. The van der Waals surface area contributed by atoms with E-state index in [2.05, 4.69) is 33.9 Å². The van der Waals surface area contributed by atoms with Gasteiger partial charge in [-0.15, -0.1) is 0 Å². The quantitative estimate of drug-likeness (QED) is 0.272. The van der Waals surface area contributed by atoms with Crippen molar-refractivity contribution in [2.24, 2.45) is 0 Å². The molecule has 0 aliphatic rings. The maximum absolute atomic E-state index is 14.0. The minimum absolute atomic E-state index is 0.0507. The summed E-state index contributed by atoms with van der Waals surface area (Å²) in [5, 5.41) is -0.0507. The Hall–Kier alpha value is -0.493. The van der Waals surface area contributed by atoms with Gasteiger partial charge in [0.05, 0.1) is 24.9 Å². The average Bonchev–Trinajstić information content (AvgIpc) is 2.56. The van der Waals surface area contributed by atoms with Crippen LogP contribution in [-0.2, 0) is 29.4 Å². The molecule has 0 saturated carbocycles. The molecule has 0 unspecified atom stereocenters. The zero-order valence-corrected chi connectivity index (χ0v) is 21.8. The van der Waals surface area contributed by atoms with E-state index in [1.165, 1.54) is 0 Å². The zero-order valence-electron chi connectivity index (χ0n) is 19.9. The molecule has 0 heterocycles. The highest BCUT2D eigenvalue weighted by Gasteiger charge is 2.49. The molecule has 0 aromatic heterocycles. The molecular formula is C22H41O5PSi. The Kier molecular flexibility index (Phi) is 9.79. The van der Waals surface area contributed by atoms with Gasteiger partial charge in [0.15, 0.2) is 14.2 Å². The van der Waals surface area contributed by atoms with Crippen molar-refractivity contribution >= 4 is 15.9 Å². The van der Waals surface area contributed by atoms with Gasteiger partial charge in [-0.1, -0.05) is 51.1 Å². The second-order valence-corrected chi connectivity index (χ2v) is 16.4. The third-order valence-corrected chi connectivity index (χ3v) is 12.2. The molecule has 0 N–H and O–H groups in total. The van der Waals surface area contributed by atoms with Gasteiger partial charge in [0.2, 0.25) is 0 Å². The van der Waals surface area contributed by atoms with Gasteiger partial charge in [0, 0.05) is 0 Å². The van der Waals surface area contributed by atoms with Gasteiger partial charge in [0.25, 0.3) is 0 Å². The molecule has 0 fully saturated rings. The third kappa shape index (κ3) is 8.27. The maximum Gasteiger partial charge on any atom is 0.361 e. The van der Waals surface area contributed by atoms with Crippen molar-refractivity contribution in [3.8, 4) is 0 Å². The summed E-state index contributed by atoms with van der Waals surface area (Å²) in [6, 6.07) is 9.93. The Bertz CT molecular complexity index is 641. The minimum atomic E-state index is -3.60. The number of rotatable bonds is 11. The first-order chi connectivity index (χ1) is 13.2. The molecule has 0 bridgehead atoms. The van der Waals surface area contributed by atoms with Crippen LogP contribution >= 0.6 is 7.60 Å². The molecule has 7 heteroatoms. The van der Waals surface area contributed by atoms with Crippen LogP contribution in [0.15, 0.2) is 30.3 Å². The van der Waals surface area contributed by atoms with Crippen molar-refractivity contribution < 1.29 is 22.8 Å². The van der Waals surface area contributed by atoms with E-state index in [9.17, 15) is 4.57 Å². The van der Waals surface area contributed by atoms with Crippen LogP contribution in [0.5, 0.6) is 0 Å². The molecule has 5 nitrogen and oxygen atoms in total. The lowest BCUT2D eigenvalue weighted by molar-refractivity contribution is -0.0162. The van der Waals surface area contributed by atoms with Gasteiger partial charge >= 0.3 is 7.60 Å². The summed E-state index contributed by atoms with van der Waals surface area (Å²) in [6.07, 6.45) is -0.981. The molecule has 0 aliphatic carbocycles. The van der Waals surface area contributed by atoms with Crippen LogP contribution in [-0.4, -0.2) is 32.5 Å². The zero-order chi connectivity index (χ0) is 22.5. The number of benzene rings is 1. The fourth-order valence-electron chi connectivity index (χ4n) is 2.51. The first kappa shape index (κ1) is 26.5. The van der Waals surface area contributed by atoms with Gasteiger partial charge in [0.1, 0.15) is 0 Å². The summed E-state index contributed by atoms with van der Waals surface area (Å²) in [5.74, 6) is -0.795. The molecular weight excluding hydrogens is 403 g/mol. The first-order valence-corrected chi connectivity index (χ1v) is 15.0. The van der Waals surface area contributed by atoms with Gasteiger partial charge < -0.3 is 18.2 Å². The largest absolute Gasteiger partial charge is 0.401 e. The molecule has 1 rings (SSSR count). The third-order valence-electron chi connectivity index (χ3n) is 5.01. The van der Waals surface area contributed by atoms with E-state index in [1.54, 1.807) is 0 Å². The van der Waals surface area contributed by atoms with E-state index in [4.69, 9.17) is 18.2 Å². The van der Waals surface area contributed by atoms with E-state index < -0.39 is 27.9 Å². The van der Waals surface area contributed by atoms with Crippen molar-refractivity contribution in [2.45, 2.75) is 104 Å². The Morgan fingerprint density at radius 3 is 1.83 bits per heavy atom. The lowest BCUT2D eigenvalue weighted by Gasteiger charge is -2.42. The topological polar surface area (TPSA) is 54.0 Å². The van der Waals surface area contributed by atoms with Crippen LogP contribution < -0.4 is 0 Å². The second kappa shape index (κ2) is 10.7. The molecule has 0 amide bonds. The summed E-state index contributed by atoms with van der Waals surface area (Å²) < 4.78 is 38.5. The SMILES string of the molecule is CC(C)OP(=O)(OC(C)C)[C@H](O[Si](C)(C)C(C)(C)C)[C@H](C)OCc1ccccc1. The van der Waals surface area contributed by atoms with Crippen LogP contribution in [0.2, 0.25) is 18.1 Å². The monoisotopic (exact) mass is 444 g/mol. The lowest BCUT2D eigenvalue weighted by atomic mass is 10.2. The van der Waals surface area contributed by atoms with Gasteiger partial charge in [-0.3, -0.25) is 4.57 Å². The Balaban J connectivity index is 3.22. The smallest absolute Gasteiger partial charge is 0.361 e. The summed E-state index contributed by atoms with van der Waals surface area (Å²) in [5.41, 5.74) is 1.05. The van der Waals surface area contributed by atoms with E-state index in [-0.39, 0.29) is 17.2 Å². The summed E-state index contributed by atoms with van der Waals surface area (Å²) in [7, 11) is -5.86. The normalized spacial score (nSPS) is 15.7. The molecule has 0 spiro atoms. The van der Waals surface area contributed by atoms with Crippen LogP contribution in [0.4, 0.5) is 0 Å². The molecule has 0 saturated heterocycles. The van der Waals surface area contributed by atoms with E-state index in [0.29, 0.717) is 6.61 Å². The van der Waals surface area contributed by atoms with Crippen LogP contribution in [0.1, 0.15) is 61.0 Å². The highest BCUT2D eigenvalue weighted by molar-refractivity contribution is 7.54. The van der Waals surface area contributed by atoms with Crippen molar-refractivity contribution in [1.29, 1.82) is 0 Å². The van der Waals surface area contributed by atoms with Crippen molar-refractivity contribution in [3.05, 3.63) is 35.9 Å². The number of ether oxygens (including phenoxy) is 1. The molecule has 0 aliphatic heterocycles. The van der Waals surface area contributed by atoms with E-state index in [1.807, 2.05) is 65.0 Å². The highest BCUT2D eigenvalue weighted by Crippen LogP contribution is 2.58. The van der Waals surface area contributed by atoms with Gasteiger partial charge in [-0.05, 0) is 58.3 Å². The summed E-state index contributed by atoms with van der Waals surface area (Å²) in [6.45, 7) is 20.5. The van der Waals surface area contributed by atoms with Gasteiger partial charge in [-0.2, -0.15) is 0 Å². The molecule has 1 aromatic rings. The fraction of sp³-hybridized carbons (Fsp3) is 0.727. The Morgan fingerprint density at radius 2 is 1.41 bits per heavy atom. The Morgan fingerprint density at radius 1 is 0.931 bits per heavy atom. The predicted octanol–water partition coefficient (Wildman–Crippen LogP) is 6.98. The van der Waals surface area contributed by atoms with Crippen LogP contribution in [0.25, 0.3) is 0 Å². The lowest BCUT2D eigenvalue weighted by Crippen LogP contribution is -2.47. The number of hydrogen-bond acceptors (Lipinski definition) is 5. The van der Waals surface area contributed by atoms with Crippen LogP contribution in [0.3, 0.4) is 0 Å². The molecule has 29 heavy (non-hydrogen) atoms. The Labute approximate surface area is 179 Å². The van der Waals surface area contributed by atoms with Crippen molar-refractivity contribution in [1.82, 2.24) is 0 Å². The first-order valence-electron chi connectivity index (χ1n) is 10.5. The van der Waals surface area contributed by atoms with Gasteiger partial charge in [-0.25, -0.2) is 0 Å². The van der Waals surface area contributed by atoms with Crippen molar-refractivity contribution in [3.63, 3.8) is 0 Å². The predicted molar refractivity (Wildman–Crippen MR) is 123 cm³/mol. The minimum Gasteiger partial charge on any atom is -0.401 e. The molecule has 2 atom stereocenters. The maximum atomic E-state index is 14.0. The molecule has 168 valence electrons. The summed E-state index contributed by atoms with van der Waals surface area (Å²) >= 11 is 0. The summed E-state index contributed by atoms with van der Waals surface area (Å²) in [4.78, 5) is 0. The standard InChI is InChI=1S/C22H41O5PSi/c1-17(2)25-28(23,26-18(3)4)21(27-29(9,10)22(6,7)8)19(5)24-16-20-14-12-11-13-15-20/h11-15,17-19,21H,16H2,1-10H3/t19-,21-/m0/s1. The van der Waals surface area contributed by atoms with Crippen LogP contribution in [0, 0.1) is 0 Å². The van der Waals surface area contributed by atoms with E-state index >= 15 is 0 Å². The van der Waals surface area contributed by atoms with Crippen molar-refractivity contribution in [2.75, 3.05) is 0 Å². The number of hydrogen-bond donors (Lipinski definition) is 0. The molecule has 1 aromatic carbocycles. The van der Waals surface area contributed by atoms with E-state index in [0.717, 1.165) is 5.56 Å². The molecule has 0 radical (unpaired) electrons. The average molecular weight is 445 g/mol. The fourth-order valence-corrected chi connectivity index (χ4v) is 7.03. The second-order valence-electron chi connectivity index (χ2n) is 9.62.